The summed E-state index contributed by atoms with van der Waals surface area (Å²) in [7, 11) is 0. The van der Waals surface area contributed by atoms with E-state index >= 15 is 0 Å². The van der Waals surface area contributed by atoms with Crippen molar-refractivity contribution in [2.75, 3.05) is 5.32 Å². The van der Waals surface area contributed by atoms with Gasteiger partial charge in [-0.1, -0.05) is 29.8 Å². The molecule has 0 heterocycles. The Labute approximate surface area is 114 Å². The number of hydrogen-bond donors (Lipinski definition) is 2. The largest absolute Gasteiger partial charge is 0.478 e. The van der Waals surface area contributed by atoms with Crippen LogP contribution < -0.4 is 5.32 Å². The van der Waals surface area contributed by atoms with E-state index in [1.807, 2.05) is 0 Å². The van der Waals surface area contributed by atoms with Gasteiger partial charge in [0.25, 0.3) is 5.91 Å². The summed E-state index contributed by atoms with van der Waals surface area (Å²) < 4.78 is 0. The second-order valence-corrected chi connectivity index (χ2v) is 4.23. The molecule has 4 nitrogen and oxygen atoms in total. The summed E-state index contributed by atoms with van der Waals surface area (Å²) in [6.07, 6.45) is 0. The van der Waals surface area contributed by atoms with Gasteiger partial charge in [0.05, 0.1) is 16.3 Å². The zero-order valence-corrected chi connectivity index (χ0v) is 10.5. The fraction of sp³-hybridized carbons (Fsp3) is 0. The number of halogens is 1. The van der Waals surface area contributed by atoms with E-state index in [0.29, 0.717) is 10.7 Å². The van der Waals surface area contributed by atoms with Crippen LogP contribution in [0.1, 0.15) is 20.7 Å². The van der Waals surface area contributed by atoms with Crippen molar-refractivity contribution in [2.45, 2.75) is 0 Å². The minimum absolute atomic E-state index is 0.0619. The van der Waals surface area contributed by atoms with Gasteiger partial charge < -0.3 is 10.4 Å². The second kappa shape index (κ2) is 5.54. The summed E-state index contributed by atoms with van der Waals surface area (Å²) in [6.45, 7) is 0. The van der Waals surface area contributed by atoms with E-state index in [0.717, 1.165) is 0 Å². The highest BCUT2D eigenvalue weighted by Crippen LogP contribution is 2.21. The zero-order valence-electron chi connectivity index (χ0n) is 9.76. The highest BCUT2D eigenvalue weighted by molar-refractivity contribution is 6.33. The highest BCUT2D eigenvalue weighted by Gasteiger charge is 2.10. The summed E-state index contributed by atoms with van der Waals surface area (Å²) in [4.78, 5) is 22.8. The molecule has 2 N–H and O–H groups in total. The quantitative estimate of drug-likeness (QED) is 0.903. The van der Waals surface area contributed by atoms with E-state index in [1.165, 1.54) is 18.2 Å². The van der Waals surface area contributed by atoms with Gasteiger partial charge in [0.2, 0.25) is 0 Å². The van der Waals surface area contributed by atoms with Crippen LogP contribution in [-0.2, 0) is 0 Å². The van der Waals surface area contributed by atoms with Gasteiger partial charge in [-0.05, 0) is 30.3 Å². The average molecular weight is 276 g/mol. The maximum absolute atomic E-state index is 12.0. The Bertz CT molecular complexity index is 640. The maximum atomic E-state index is 12.0. The Morgan fingerprint density at radius 3 is 2.37 bits per heavy atom. The minimum atomic E-state index is -1.08. The molecule has 0 unspecified atom stereocenters. The van der Waals surface area contributed by atoms with Crippen molar-refractivity contribution in [1.29, 1.82) is 0 Å². The van der Waals surface area contributed by atoms with Crippen LogP contribution in [0.4, 0.5) is 5.69 Å². The molecule has 19 heavy (non-hydrogen) atoms. The number of nitrogens with one attached hydrogen (secondary N) is 1. The van der Waals surface area contributed by atoms with Gasteiger partial charge >= 0.3 is 5.97 Å². The fourth-order valence-corrected chi connectivity index (χ4v) is 1.73. The van der Waals surface area contributed by atoms with Crippen molar-refractivity contribution in [1.82, 2.24) is 0 Å². The smallest absolute Gasteiger partial charge is 0.335 e. The van der Waals surface area contributed by atoms with Crippen molar-refractivity contribution < 1.29 is 14.7 Å². The second-order valence-electron chi connectivity index (χ2n) is 3.82. The number of aromatic carboxylic acids is 1. The third-order valence-electron chi connectivity index (χ3n) is 2.49. The van der Waals surface area contributed by atoms with E-state index in [1.54, 1.807) is 30.3 Å². The summed E-state index contributed by atoms with van der Waals surface area (Å²) in [5, 5.41) is 11.9. The molecule has 0 saturated heterocycles. The molecule has 2 rings (SSSR count). The van der Waals surface area contributed by atoms with Crippen LogP contribution in [0.2, 0.25) is 5.02 Å². The van der Waals surface area contributed by atoms with Crippen LogP contribution in [0, 0.1) is 0 Å². The fourth-order valence-electron chi connectivity index (χ4n) is 1.55. The normalized spacial score (nSPS) is 9.95. The van der Waals surface area contributed by atoms with E-state index in [9.17, 15) is 9.59 Å². The Kier molecular flexibility index (Phi) is 3.82. The van der Waals surface area contributed by atoms with Crippen molar-refractivity contribution in [3.63, 3.8) is 0 Å². The molecule has 96 valence electrons. The van der Waals surface area contributed by atoms with Crippen LogP contribution in [0.25, 0.3) is 0 Å². The third kappa shape index (κ3) is 3.11. The lowest BCUT2D eigenvalue weighted by molar-refractivity contribution is 0.0697. The molecule has 0 aromatic heterocycles. The average Bonchev–Trinajstić information content (AvgIpc) is 2.41. The SMILES string of the molecule is O=C(O)c1cccc(C(=O)Nc2ccccc2Cl)c1. The highest BCUT2D eigenvalue weighted by atomic mass is 35.5. The molecule has 0 spiro atoms. The Hall–Kier alpha value is -2.33. The molecule has 0 radical (unpaired) electrons. The number of hydrogen-bond acceptors (Lipinski definition) is 2. The first-order chi connectivity index (χ1) is 9.08. The van der Waals surface area contributed by atoms with Crippen LogP contribution >= 0.6 is 11.6 Å². The van der Waals surface area contributed by atoms with Gasteiger partial charge in [0, 0.05) is 5.56 Å². The lowest BCUT2D eigenvalue weighted by atomic mass is 10.1. The van der Waals surface area contributed by atoms with Crippen molar-refractivity contribution >= 4 is 29.2 Å². The van der Waals surface area contributed by atoms with E-state index in [-0.39, 0.29) is 11.1 Å². The molecule has 0 saturated carbocycles. The topological polar surface area (TPSA) is 66.4 Å². The molecule has 0 fully saturated rings. The Morgan fingerprint density at radius 1 is 1.00 bits per heavy atom. The molecular formula is C14H10ClNO3. The minimum Gasteiger partial charge on any atom is -0.478 e. The van der Waals surface area contributed by atoms with Crippen molar-refractivity contribution in [3.8, 4) is 0 Å². The molecule has 0 aliphatic carbocycles. The molecule has 0 atom stereocenters. The molecular weight excluding hydrogens is 266 g/mol. The van der Waals surface area contributed by atoms with Crippen LogP contribution in [0.5, 0.6) is 0 Å². The lowest BCUT2D eigenvalue weighted by Crippen LogP contribution is -2.13. The Morgan fingerprint density at radius 2 is 1.68 bits per heavy atom. The number of anilines is 1. The number of carboxylic acids is 1. The number of carbonyl (C=O) groups is 2. The summed E-state index contributed by atoms with van der Waals surface area (Å²) in [5.41, 5.74) is 0.807. The van der Waals surface area contributed by atoms with Gasteiger partial charge in [-0.15, -0.1) is 0 Å². The third-order valence-corrected chi connectivity index (χ3v) is 2.82. The van der Waals surface area contributed by atoms with Gasteiger partial charge in [-0.25, -0.2) is 4.79 Å². The lowest BCUT2D eigenvalue weighted by Gasteiger charge is -2.07. The van der Waals surface area contributed by atoms with Crippen LogP contribution in [-0.4, -0.2) is 17.0 Å². The summed E-state index contributed by atoms with van der Waals surface area (Å²) in [5.74, 6) is -1.48. The monoisotopic (exact) mass is 275 g/mol. The summed E-state index contributed by atoms with van der Waals surface area (Å²) in [6, 6.07) is 12.6. The molecule has 1 amide bonds. The first-order valence-corrected chi connectivity index (χ1v) is 5.85. The molecule has 2 aromatic carbocycles. The standard InChI is InChI=1S/C14H10ClNO3/c15-11-6-1-2-7-12(11)16-13(17)9-4-3-5-10(8-9)14(18)19/h1-8H,(H,16,17)(H,18,19). The molecule has 2 aromatic rings. The van der Waals surface area contributed by atoms with Crippen LogP contribution in [0.15, 0.2) is 48.5 Å². The number of rotatable bonds is 3. The van der Waals surface area contributed by atoms with E-state index in [4.69, 9.17) is 16.7 Å². The number of amides is 1. The first kappa shape index (κ1) is 13.1. The van der Waals surface area contributed by atoms with Gasteiger partial charge in [0.15, 0.2) is 0 Å². The molecule has 5 heteroatoms. The number of benzene rings is 2. The molecule has 0 aliphatic heterocycles. The summed E-state index contributed by atoms with van der Waals surface area (Å²) >= 11 is 5.93. The first-order valence-electron chi connectivity index (χ1n) is 5.47. The number of para-hydroxylation sites is 1. The molecule has 0 aliphatic rings. The number of carbonyl (C=O) groups excluding carboxylic acids is 1. The van der Waals surface area contributed by atoms with E-state index in [2.05, 4.69) is 5.32 Å². The molecule has 0 bridgehead atoms. The van der Waals surface area contributed by atoms with Crippen LogP contribution in [0.3, 0.4) is 0 Å². The zero-order chi connectivity index (χ0) is 13.8. The van der Waals surface area contributed by atoms with Crippen molar-refractivity contribution in [2.24, 2.45) is 0 Å². The van der Waals surface area contributed by atoms with Gasteiger partial charge in [-0.3, -0.25) is 4.79 Å². The predicted octanol–water partition coefficient (Wildman–Crippen LogP) is 3.29. The van der Waals surface area contributed by atoms with Gasteiger partial charge in [-0.2, -0.15) is 0 Å². The predicted molar refractivity (Wildman–Crippen MR) is 72.8 cm³/mol. The van der Waals surface area contributed by atoms with Crippen molar-refractivity contribution in [3.05, 3.63) is 64.7 Å². The Balaban J connectivity index is 2.23. The maximum Gasteiger partial charge on any atom is 0.335 e. The van der Waals surface area contributed by atoms with Gasteiger partial charge in [0.1, 0.15) is 0 Å². The van der Waals surface area contributed by atoms with E-state index < -0.39 is 11.9 Å². The number of carboxylic acid groups (broad SMARTS) is 1.